The van der Waals surface area contributed by atoms with E-state index in [1.165, 1.54) is 31.2 Å². The Labute approximate surface area is 222 Å². The van der Waals surface area contributed by atoms with Crippen LogP contribution in [0.2, 0.25) is 0 Å². The molecule has 0 spiro atoms. The highest BCUT2D eigenvalue weighted by Crippen LogP contribution is 2.37. The Morgan fingerprint density at radius 3 is 2.33 bits per heavy atom. The molecule has 6 rings (SSSR count). The van der Waals surface area contributed by atoms with Crippen molar-refractivity contribution < 1.29 is 27.9 Å². The first-order chi connectivity index (χ1) is 18.7. The van der Waals surface area contributed by atoms with E-state index in [1.807, 2.05) is 10.6 Å². The molecule has 0 unspecified atom stereocenters. The van der Waals surface area contributed by atoms with Crippen molar-refractivity contribution in [2.75, 3.05) is 26.2 Å². The Balaban J connectivity index is 0.000000392. The summed E-state index contributed by atoms with van der Waals surface area (Å²) in [6.07, 6.45) is 3.44. The molecule has 1 saturated carbocycles. The highest BCUT2D eigenvalue weighted by Gasteiger charge is 2.38. The number of rotatable bonds is 7. The number of carboxylic acids is 1. The number of carbonyl (C=O) groups excluding carboxylic acids is 1. The zero-order valence-corrected chi connectivity index (χ0v) is 21.2. The Kier molecular flexibility index (Phi) is 7.56. The number of fused-ring (bicyclic) bond motifs is 3. The molecular weight excluding hydrogens is 513 g/mol. The summed E-state index contributed by atoms with van der Waals surface area (Å²) in [6, 6.07) is 12.3. The lowest BCUT2D eigenvalue weighted by atomic mass is 10.2. The molecule has 1 amide bonds. The van der Waals surface area contributed by atoms with Crippen molar-refractivity contribution in [3.05, 3.63) is 54.5 Å². The van der Waals surface area contributed by atoms with Crippen LogP contribution in [0.1, 0.15) is 36.2 Å². The van der Waals surface area contributed by atoms with Gasteiger partial charge in [0.1, 0.15) is 5.69 Å². The minimum Gasteiger partial charge on any atom is -0.475 e. The molecule has 1 saturated heterocycles. The first-order valence-corrected chi connectivity index (χ1v) is 12.9. The number of halogens is 3. The van der Waals surface area contributed by atoms with Crippen LogP contribution < -0.4 is 5.32 Å². The van der Waals surface area contributed by atoms with E-state index in [0.717, 1.165) is 48.5 Å². The molecule has 0 atom stereocenters. The zero-order chi connectivity index (χ0) is 27.6. The van der Waals surface area contributed by atoms with Gasteiger partial charge in [-0.25, -0.2) is 14.8 Å². The van der Waals surface area contributed by atoms with Crippen LogP contribution in [0.5, 0.6) is 0 Å². The van der Waals surface area contributed by atoms with E-state index in [0.29, 0.717) is 18.2 Å². The monoisotopic (exact) mass is 542 g/mol. The molecule has 1 aromatic carbocycles. The average Bonchev–Trinajstić information content (AvgIpc) is 3.31. The average molecular weight is 543 g/mol. The van der Waals surface area contributed by atoms with Crippen molar-refractivity contribution in [2.24, 2.45) is 5.92 Å². The van der Waals surface area contributed by atoms with Crippen molar-refractivity contribution in [3.8, 4) is 5.95 Å². The molecule has 1 aliphatic heterocycles. The van der Waals surface area contributed by atoms with Crippen molar-refractivity contribution in [2.45, 2.75) is 38.4 Å². The molecular formula is C27H29F3N6O3. The molecule has 1 aliphatic carbocycles. The largest absolute Gasteiger partial charge is 0.490 e. The highest BCUT2D eigenvalue weighted by molar-refractivity contribution is 6.11. The van der Waals surface area contributed by atoms with Gasteiger partial charge in [-0.15, -0.1) is 0 Å². The summed E-state index contributed by atoms with van der Waals surface area (Å²) in [4.78, 5) is 33.7. The molecule has 2 N–H and O–H groups in total. The van der Waals surface area contributed by atoms with E-state index in [2.05, 4.69) is 49.0 Å². The Hall–Kier alpha value is -3.93. The van der Waals surface area contributed by atoms with Gasteiger partial charge >= 0.3 is 12.1 Å². The van der Waals surface area contributed by atoms with Crippen molar-refractivity contribution in [3.63, 3.8) is 0 Å². The number of nitrogens with one attached hydrogen (secondary N) is 1. The van der Waals surface area contributed by atoms with Gasteiger partial charge in [0.05, 0.1) is 16.6 Å². The molecule has 0 bridgehead atoms. The maximum Gasteiger partial charge on any atom is 0.490 e. The van der Waals surface area contributed by atoms with E-state index in [1.54, 1.807) is 18.5 Å². The zero-order valence-electron chi connectivity index (χ0n) is 21.2. The number of amides is 1. The number of hydrogen-bond acceptors (Lipinski definition) is 5. The van der Waals surface area contributed by atoms with Gasteiger partial charge in [0.25, 0.3) is 5.91 Å². The number of para-hydroxylation sites is 1. The van der Waals surface area contributed by atoms with Gasteiger partial charge in [-0.1, -0.05) is 18.2 Å². The maximum absolute atomic E-state index is 13.3. The summed E-state index contributed by atoms with van der Waals surface area (Å²) < 4.78 is 36.1. The molecule has 2 fully saturated rings. The number of carbonyl (C=O) groups is 2. The van der Waals surface area contributed by atoms with Crippen LogP contribution in [0.3, 0.4) is 0 Å². The summed E-state index contributed by atoms with van der Waals surface area (Å²) in [6.45, 7) is 4.79. The smallest absolute Gasteiger partial charge is 0.475 e. The first kappa shape index (κ1) is 26.7. The minimum absolute atomic E-state index is 0.0742. The summed E-state index contributed by atoms with van der Waals surface area (Å²) in [7, 11) is 0. The first-order valence-electron chi connectivity index (χ1n) is 12.9. The number of aromatic nitrogens is 4. The number of carboxylic acid groups (broad SMARTS) is 1. The van der Waals surface area contributed by atoms with Crippen LogP contribution in [0.15, 0.2) is 48.8 Å². The number of hydrogen-bond donors (Lipinski definition) is 2. The van der Waals surface area contributed by atoms with Crippen LogP contribution in [-0.4, -0.2) is 73.3 Å². The van der Waals surface area contributed by atoms with Gasteiger partial charge < -0.3 is 19.9 Å². The number of aliphatic carboxylic acids is 1. The third-order valence-electron chi connectivity index (χ3n) is 7.00. The van der Waals surface area contributed by atoms with Gasteiger partial charge in [-0.2, -0.15) is 13.2 Å². The number of alkyl halides is 3. The second-order valence-corrected chi connectivity index (χ2v) is 9.83. The number of benzene rings is 1. The van der Waals surface area contributed by atoms with E-state index in [9.17, 15) is 18.0 Å². The van der Waals surface area contributed by atoms with Gasteiger partial charge in [-0.05, 0) is 62.9 Å². The third-order valence-corrected chi connectivity index (χ3v) is 7.00. The van der Waals surface area contributed by atoms with Gasteiger partial charge in [-0.3, -0.25) is 9.36 Å². The molecule has 12 heteroatoms. The summed E-state index contributed by atoms with van der Waals surface area (Å²) in [5.41, 5.74) is 3.89. The maximum atomic E-state index is 13.3. The number of nitrogens with zero attached hydrogens (tertiary/aromatic N) is 5. The fourth-order valence-electron chi connectivity index (χ4n) is 4.96. The van der Waals surface area contributed by atoms with Gasteiger partial charge in [0.2, 0.25) is 5.95 Å². The van der Waals surface area contributed by atoms with Crippen LogP contribution >= 0.6 is 0 Å². The predicted molar refractivity (Wildman–Crippen MR) is 139 cm³/mol. The Bertz CT molecular complexity index is 1470. The third kappa shape index (κ3) is 5.90. The van der Waals surface area contributed by atoms with Crippen LogP contribution in [0.25, 0.3) is 27.9 Å². The fourth-order valence-corrected chi connectivity index (χ4v) is 4.96. The second kappa shape index (κ2) is 11.0. The minimum atomic E-state index is -5.08. The molecule has 206 valence electrons. The SMILES string of the molecule is O=C(NCCN1CCCC1)c1cc2c(c3ccccc3n2CC2CC2)n1-c1ncccn1.O=C(O)C(F)(F)F. The highest BCUT2D eigenvalue weighted by atomic mass is 19.4. The predicted octanol–water partition coefficient (Wildman–Crippen LogP) is 4.24. The topological polar surface area (TPSA) is 105 Å². The quantitative estimate of drug-likeness (QED) is 0.362. The molecule has 2 aliphatic rings. The van der Waals surface area contributed by atoms with Gasteiger partial charge in [0.15, 0.2) is 0 Å². The van der Waals surface area contributed by atoms with E-state index in [4.69, 9.17) is 9.90 Å². The van der Waals surface area contributed by atoms with Crippen molar-refractivity contribution >= 4 is 33.8 Å². The van der Waals surface area contributed by atoms with Crippen LogP contribution in [0.4, 0.5) is 13.2 Å². The van der Waals surface area contributed by atoms with E-state index >= 15 is 0 Å². The normalized spacial score (nSPS) is 15.9. The van der Waals surface area contributed by atoms with Crippen LogP contribution in [-0.2, 0) is 11.3 Å². The Morgan fingerprint density at radius 2 is 1.69 bits per heavy atom. The molecule has 0 radical (unpaired) electrons. The van der Waals surface area contributed by atoms with Gasteiger partial charge in [0, 0.05) is 37.4 Å². The van der Waals surface area contributed by atoms with Crippen LogP contribution in [0, 0.1) is 5.92 Å². The summed E-state index contributed by atoms with van der Waals surface area (Å²) in [5.74, 6) is -1.58. The summed E-state index contributed by atoms with van der Waals surface area (Å²) in [5, 5.41) is 11.4. The van der Waals surface area contributed by atoms with E-state index in [-0.39, 0.29) is 5.91 Å². The van der Waals surface area contributed by atoms with Crippen molar-refractivity contribution in [1.29, 1.82) is 0 Å². The lowest BCUT2D eigenvalue weighted by molar-refractivity contribution is -0.192. The van der Waals surface area contributed by atoms with E-state index < -0.39 is 12.1 Å². The molecule has 3 aromatic heterocycles. The molecule has 9 nitrogen and oxygen atoms in total. The fraction of sp³-hybridized carbons (Fsp3) is 0.407. The summed E-state index contributed by atoms with van der Waals surface area (Å²) >= 11 is 0. The molecule has 39 heavy (non-hydrogen) atoms. The van der Waals surface area contributed by atoms with Crippen molar-refractivity contribution in [1.82, 2.24) is 29.3 Å². The molecule has 4 heterocycles. The molecule has 4 aromatic rings. The lowest BCUT2D eigenvalue weighted by Gasteiger charge is -2.15. The number of likely N-dealkylation sites (tertiary alicyclic amines) is 1. The standard InChI is InChI=1S/C25H28N6O.C2HF3O2/c32-24(26-12-15-29-13-3-4-14-29)22-16-21-23(31(22)25-27-10-5-11-28-25)19-6-1-2-7-20(19)30(21)17-18-8-9-18;3-2(4,5)1(6)7/h1-2,5-7,10-11,16,18H,3-4,8-9,12-15,17H2,(H,26,32);(H,6,7). The second-order valence-electron chi connectivity index (χ2n) is 9.83. The Morgan fingerprint density at radius 1 is 1.03 bits per heavy atom. The lowest BCUT2D eigenvalue weighted by Crippen LogP contribution is -2.34.